The van der Waals surface area contributed by atoms with Crippen molar-refractivity contribution in [2.24, 2.45) is 5.92 Å². The lowest BCUT2D eigenvalue weighted by molar-refractivity contribution is 0.102. The van der Waals surface area contributed by atoms with Gasteiger partial charge >= 0.3 is 0 Å². The summed E-state index contributed by atoms with van der Waals surface area (Å²) in [5, 5.41) is 5.74. The highest BCUT2D eigenvalue weighted by atomic mass is 35.5. The molecule has 2 aromatic rings. The van der Waals surface area contributed by atoms with Crippen LogP contribution in [0.5, 0.6) is 0 Å². The van der Waals surface area contributed by atoms with Crippen LogP contribution in [0.1, 0.15) is 35.8 Å². The molecule has 7 heteroatoms. The Morgan fingerprint density at radius 2 is 2.43 bits per heavy atom. The number of nitrogens with one attached hydrogen (secondary N) is 1. The molecule has 1 saturated heterocycles. The summed E-state index contributed by atoms with van der Waals surface area (Å²) >= 11 is 7.25. The van der Waals surface area contributed by atoms with Crippen molar-refractivity contribution in [1.29, 1.82) is 0 Å². The number of pyridine rings is 1. The Bertz CT molecular complexity index is 690. The molecule has 0 aliphatic carbocycles. The zero-order valence-electron chi connectivity index (χ0n) is 13.0. The number of likely N-dealkylation sites (tertiary alicyclic amines) is 1. The minimum absolute atomic E-state index is 0.221. The van der Waals surface area contributed by atoms with E-state index in [1.807, 2.05) is 5.38 Å². The lowest BCUT2D eigenvalue weighted by Gasteiger charge is -2.30. The first kappa shape index (κ1) is 16.4. The van der Waals surface area contributed by atoms with Gasteiger partial charge in [-0.1, -0.05) is 18.5 Å². The number of thiazole rings is 1. The van der Waals surface area contributed by atoms with Crippen molar-refractivity contribution in [3.63, 3.8) is 0 Å². The van der Waals surface area contributed by atoms with Gasteiger partial charge in [0, 0.05) is 30.2 Å². The zero-order chi connectivity index (χ0) is 16.2. The molecule has 0 aromatic carbocycles. The van der Waals surface area contributed by atoms with Crippen LogP contribution in [0.15, 0.2) is 23.7 Å². The summed E-state index contributed by atoms with van der Waals surface area (Å²) in [6.45, 7) is 5.38. The minimum Gasteiger partial charge on any atom is -0.298 e. The molecule has 1 atom stereocenters. The van der Waals surface area contributed by atoms with Crippen LogP contribution in [0.2, 0.25) is 5.15 Å². The molecule has 0 radical (unpaired) electrons. The monoisotopic (exact) mass is 350 g/mol. The molecule has 1 unspecified atom stereocenters. The van der Waals surface area contributed by atoms with E-state index in [0.717, 1.165) is 31.2 Å². The van der Waals surface area contributed by atoms with Gasteiger partial charge in [-0.25, -0.2) is 9.97 Å². The molecular weight excluding hydrogens is 332 g/mol. The summed E-state index contributed by atoms with van der Waals surface area (Å²) in [6.07, 6.45) is 4.07. The molecule has 5 nitrogen and oxygen atoms in total. The van der Waals surface area contributed by atoms with Crippen LogP contribution in [0, 0.1) is 5.92 Å². The Morgan fingerprint density at radius 1 is 1.57 bits per heavy atom. The predicted molar refractivity (Wildman–Crippen MR) is 93.0 cm³/mol. The second kappa shape index (κ2) is 7.38. The van der Waals surface area contributed by atoms with E-state index in [-0.39, 0.29) is 5.91 Å². The van der Waals surface area contributed by atoms with Crippen LogP contribution in [0.25, 0.3) is 0 Å². The molecule has 0 saturated carbocycles. The lowest BCUT2D eigenvalue weighted by Crippen LogP contribution is -2.33. The van der Waals surface area contributed by atoms with E-state index in [9.17, 15) is 4.79 Å². The number of hydrogen-bond donors (Lipinski definition) is 1. The highest BCUT2D eigenvalue weighted by Gasteiger charge is 2.17. The Morgan fingerprint density at radius 3 is 3.22 bits per heavy atom. The van der Waals surface area contributed by atoms with E-state index in [4.69, 9.17) is 11.6 Å². The molecule has 3 heterocycles. The first-order valence-electron chi connectivity index (χ1n) is 7.70. The smallest absolute Gasteiger partial charge is 0.257 e. The van der Waals surface area contributed by atoms with Crippen LogP contribution in [0.4, 0.5) is 5.13 Å². The van der Waals surface area contributed by atoms with E-state index < -0.39 is 0 Å². The van der Waals surface area contributed by atoms with E-state index in [0.29, 0.717) is 15.8 Å². The summed E-state index contributed by atoms with van der Waals surface area (Å²) in [7, 11) is 0. The second-order valence-corrected chi connectivity index (χ2v) is 7.19. The molecule has 3 rings (SSSR count). The van der Waals surface area contributed by atoms with Gasteiger partial charge in [0.15, 0.2) is 5.13 Å². The number of amides is 1. The average molecular weight is 351 g/mol. The third kappa shape index (κ3) is 4.50. The molecule has 122 valence electrons. The quantitative estimate of drug-likeness (QED) is 0.854. The van der Waals surface area contributed by atoms with E-state index in [2.05, 4.69) is 27.1 Å². The van der Waals surface area contributed by atoms with Gasteiger partial charge in [0.25, 0.3) is 5.91 Å². The van der Waals surface area contributed by atoms with E-state index in [1.165, 1.54) is 30.4 Å². The Hall–Kier alpha value is -1.50. The average Bonchev–Trinajstić information content (AvgIpc) is 2.94. The third-order valence-electron chi connectivity index (χ3n) is 3.89. The fraction of sp³-hybridized carbons (Fsp3) is 0.438. The minimum atomic E-state index is -0.221. The zero-order valence-corrected chi connectivity index (χ0v) is 14.5. The summed E-state index contributed by atoms with van der Waals surface area (Å²) in [5.41, 5.74) is 1.48. The Balaban J connectivity index is 1.59. The molecule has 1 N–H and O–H groups in total. The highest BCUT2D eigenvalue weighted by molar-refractivity contribution is 7.13. The SMILES string of the molecule is CC1CCCN(Cc2csc(NC(=O)c3ccnc(Cl)c3)n2)C1. The Kier molecular flexibility index (Phi) is 5.25. The van der Waals surface area contributed by atoms with Crippen molar-refractivity contribution in [3.8, 4) is 0 Å². The number of aromatic nitrogens is 2. The maximum atomic E-state index is 12.2. The topological polar surface area (TPSA) is 58.1 Å². The van der Waals surface area contributed by atoms with Crippen molar-refractivity contribution in [2.75, 3.05) is 18.4 Å². The lowest BCUT2D eigenvalue weighted by atomic mass is 10.0. The number of anilines is 1. The van der Waals surface area contributed by atoms with Gasteiger partial charge in [0.05, 0.1) is 5.69 Å². The van der Waals surface area contributed by atoms with Gasteiger partial charge < -0.3 is 0 Å². The number of carbonyl (C=O) groups excluding carboxylic acids is 1. The van der Waals surface area contributed by atoms with Gasteiger partial charge in [-0.3, -0.25) is 15.0 Å². The Labute approximate surface area is 144 Å². The molecule has 1 aliphatic heterocycles. The fourth-order valence-electron chi connectivity index (χ4n) is 2.81. The van der Waals surface area contributed by atoms with Gasteiger partial charge in [-0.15, -0.1) is 11.3 Å². The normalized spacial score (nSPS) is 18.8. The fourth-order valence-corrected chi connectivity index (χ4v) is 3.68. The van der Waals surface area contributed by atoms with Gasteiger partial charge in [0.2, 0.25) is 0 Å². The number of nitrogens with zero attached hydrogens (tertiary/aromatic N) is 3. The first-order chi connectivity index (χ1) is 11.1. The van der Waals surface area contributed by atoms with Crippen molar-refractivity contribution in [3.05, 3.63) is 40.1 Å². The largest absolute Gasteiger partial charge is 0.298 e. The summed E-state index contributed by atoms with van der Waals surface area (Å²) < 4.78 is 0. The number of halogens is 1. The molecule has 23 heavy (non-hydrogen) atoms. The standard InChI is InChI=1S/C16H19ClN4OS/c1-11-3-2-6-21(8-11)9-13-10-23-16(19-13)20-15(22)12-4-5-18-14(17)7-12/h4-5,7,10-11H,2-3,6,8-9H2,1H3,(H,19,20,22). The number of carbonyl (C=O) groups is 1. The van der Waals surface area contributed by atoms with Crippen molar-refractivity contribution < 1.29 is 4.79 Å². The summed E-state index contributed by atoms with van der Waals surface area (Å²) in [5.74, 6) is 0.528. The van der Waals surface area contributed by atoms with Crippen LogP contribution in [-0.4, -0.2) is 33.9 Å². The number of hydrogen-bond acceptors (Lipinski definition) is 5. The maximum Gasteiger partial charge on any atom is 0.257 e. The van der Waals surface area contributed by atoms with Crippen LogP contribution >= 0.6 is 22.9 Å². The summed E-state index contributed by atoms with van der Waals surface area (Å²) in [6, 6.07) is 3.17. The van der Waals surface area contributed by atoms with Gasteiger partial charge in [-0.2, -0.15) is 0 Å². The van der Waals surface area contributed by atoms with Crippen molar-refractivity contribution in [2.45, 2.75) is 26.3 Å². The first-order valence-corrected chi connectivity index (χ1v) is 8.95. The van der Waals surface area contributed by atoms with Crippen molar-refractivity contribution in [1.82, 2.24) is 14.9 Å². The number of rotatable bonds is 4. The molecule has 1 fully saturated rings. The van der Waals surface area contributed by atoms with E-state index >= 15 is 0 Å². The molecule has 0 bridgehead atoms. The van der Waals surface area contributed by atoms with Gasteiger partial charge in [0.1, 0.15) is 5.15 Å². The van der Waals surface area contributed by atoms with Crippen LogP contribution < -0.4 is 5.32 Å². The van der Waals surface area contributed by atoms with Crippen LogP contribution in [-0.2, 0) is 6.54 Å². The third-order valence-corrected chi connectivity index (χ3v) is 4.90. The van der Waals surface area contributed by atoms with Gasteiger partial charge in [-0.05, 0) is 37.4 Å². The predicted octanol–water partition coefficient (Wildman–Crippen LogP) is 3.68. The van der Waals surface area contributed by atoms with E-state index in [1.54, 1.807) is 12.1 Å². The molecule has 1 aliphatic rings. The van der Waals surface area contributed by atoms with Crippen molar-refractivity contribution >= 4 is 34.0 Å². The number of piperidine rings is 1. The molecule has 0 spiro atoms. The molecular formula is C16H19ClN4OS. The summed E-state index contributed by atoms with van der Waals surface area (Å²) in [4.78, 5) is 23.0. The molecule has 2 aromatic heterocycles. The van der Waals surface area contributed by atoms with Crippen LogP contribution in [0.3, 0.4) is 0 Å². The second-order valence-electron chi connectivity index (χ2n) is 5.95. The molecule has 1 amide bonds. The highest BCUT2D eigenvalue weighted by Crippen LogP contribution is 2.21. The maximum absolute atomic E-state index is 12.2.